The van der Waals surface area contributed by atoms with Crippen molar-refractivity contribution in [2.75, 3.05) is 18.0 Å². The van der Waals surface area contributed by atoms with E-state index >= 15 is 0 Å². The highest BCUT2D eigenvalue weighted by Crippen LogP contribution is 2.33. The molecular formula is C24H27ClFN3O4. The Labute approximate surface area is 197 Å². The zero-order chi connectivity index (χ0) is 24.0. The summed E-state index contributed by atoms with van der Waals surface area (Å²) < 4.78 is 19.1. The first kappa shape index (κ1) is 24.5. The number of hydrogen-bond acceptors (Lipinski definition) is 4. The summed E-state index contributed by atoms with van der Waals surface area (Å²) in [4.78, 5) is 39.6. The average Bonchev–Trinajstić information content (AvgIpc) is 2.81. The molecule has 1 heterocycles. The van der Waals surface area contributed by atoms with Crippen molar-refractivity contribution in [3.63, 3.8) is 0 Å². The Kier molecular flexibility index (Phi) is 8.27. The predicted molar refractivity (Wildman–Crippen MR) is 124 cm³/mol. The molecule has 1 aliphatic heterocycles. The van der Waals surface area contributed by atoms with Crippen molar-refractivity contribution in [1.82, 2.24) is 10.6 Å². The largest absolute Gasteiger partial charge is 0.477 e. The van der Waals surface area contributed by atoms with Gasteiger partial charge in [0, 0.05) is 19.0 Å². The Bertz CT molecular complexity index is 1030. The molecule has 0 aromatic heterocycles. The third-order valence-corrected chi connectivity index (χ3v) is 5.81. The van der Waals surface area contributed by atoms with Gasteiger partial charge in [-0.25, -0.2) is 4.39 Å². The molecule has 0 saturated heterocycles. The fraction of sp³-hybridized carbons (Fsp3) is 0.375. The van der Waals surface area contributed by atoms with E-state index in [1.807, 2.05) is 13.8 Å². The van der Waals surface area contributed by atoms with Gasteiger partial charge in [0.1, 0.15) is 11.6 Å². The molecule has 1 unspecified atom stereocenters. The number of fused-ring (bicyclic) bond motifs is 1. The van der Waals surface area contributed by atoms with Crippen LogP contribution in [0.5, 0.6) is 5.75 Å². The molecule has 2 N–H and O–H groups in total. The van der Waals surface area contributed by atoms with Gasteiger partial charge in [0.05, 0.1) is 22.8 Å². The summed E-state index contributed by atoms with van der Waals surface area (Å²) in [5.41, 5.74) is 0.697. The monoisotopic (exact) mass is 475 g/mol. The lowest BCUT2D eigenvalue weighted by Gasteiger charge is -2.34. The van der Waals surface area contributed by atoms with Gasteiger partial charge in [-0.1, -0.05) is 37.6 Å². The van der Waals surface area contributed by atoms with Crippen molar-refractivity contribution >= 4 is 35.0 Å². The standard InChI is InChI=1S/C24H27ClFN3O4/c1-3-16(4-2)28-24(32)21-14-29(19-7-5-6-8-20(19)33-21)22(30)11-12-27-23(31)17-10-9-15(26)13-18(17)25/h5-10,13,16,21H,3-4,11-12,14H2,1-2H3,(H,27,31)(H,28,32). The molecule has 3 rings (SSSR count). The van der Waals surface area contributed by atoms with E-state index in [0.29, 0.717) is 11.4 Å². The quantitative estimate of drug-likeness (QED) is 0.609. The number of para-hydroxylation sites is 2. The average molecular weight is 476 g/mol. The van der Waals surface area contributed by atoms with Crippen LogP contribution in [-0.4, -0.2) is 43.0 Å². The molecule has 7 nitrogen and oxygen atoms in total. The maximum atomic E-state index is 13.2. The van der Waals surface area contributed by atoms with Crippen LogP contribution in [0.4, 0.5) is 10.1 Å². The van der Waals surface area contributed by atoms with Gasteiger partial charge in [-0.2, -0.15) is 0 Å². The van der Waals surface area contributed by atoms with Crippen LogP contribution in [0.3, 0.4) is 0 Å². The van der Waals surface area contributed by atoms with Gasteiger partial charge < -0.3 is 20.3 Å². The molecule has 1 aliphatic rings. The molecule has 2 aromatic carbocycles. The van der Waals surface area contributed by atoms with E-state index in [9.17, 15) is 18.8 Å². The number of anilines is 1. The van der Waals surface area contributed by atoms with Crippen LogP contribution in [-0.2, 0) is 9.59 Å². The molecule has 1 atom stereocenters. The van der Waals surface area contributed by atoms with Crippen molar-refractivity contribution in [2.45, 2.75) is 45.3 Å². The number of halogens is 2. The summed E-state index contributed by atoms with van der Waals surface area (Å²) in [6.45, 7) is 4.11. The molecular weight excluding hydrogens is 449 g/mol. The Balaban J connectivity index is 1.65. The molecule has 0 aliphatic carbocycles. The van der Waals surface area contributed by atoms with E-state index in [0.717, 1.165) is 25.0 Å². The lowest BCUT2D eigenvalue weighted by atomic mass is 10.1. The Morgan fingerprint density at radius 3 is 2.61 bits per heavy atom. The van der Waals surface area contributed by atoms with Gasteiger partial charge in [-0.05, 0) is 43.2 Å². The normalized spacial score (nSPS) is 14.9. The Morgan fingerprint density at radius 1 is 1.18 bits per heavy atom. The van der Waals surface area contributed by atoms with Crippen LogP contribution in [0.25, 0.3) is 0 Å². The second kappa shape index (κ2) is 11.1. The van der Waals surface area contributed by atoms with E-state index in [1.54, 1.807) is 24.3 Å². The fourth-order valence-corrected chi connectivity index (χ4v) is 3.83. The van der Waals surface area contributed by atoms with Crippen LogP contribution in [0.1, 0.15) is 43.5 Å². The first-order valence-corrected chi connectivity index (χ1v) is 11.3. The SMILES string of the molecule is CCC(CC)NC(=O)C1CN(C(=O)CCNC(=O)c2ccc(F)cc2Cl)c2ccccc2O1. The smallest absolute Gasteiger partial charge is 0.263 e. The van der Waals surface area contributed by atoms with E-state index in [1.165, 1.54) is 11.0 Å². The number of carbonyl (C=O) groups is 3. The second-order valence-electron chi connectivity index (χ2n) is 7.73. The number of nitrogens with zero attached hydrogens (tertiary/aromatic N) is 1. The zero-order valence-corrected chi connectivity index (χ0v) is 19.3. The lowest BCUT2D eigenvalue weighted by molar-refractivity contribution is -0.129. The number of carbonyl (C=O) groups excluding carboxylic acids is 3. The van der Waals surface area contributed by atoms with Crippen LogP contribution >= 0.6 is 11.6 Å². The number of nitrogens with one attached hydrogen (secondary N) is 2. The van der Waals surface area contributed by atoms with Crippen molar-refractivity contribution < 1.29 is 23.5 Å². The third kappa shape index (κ3) is 6.01. The summed E-state index contributed by atoms with van der Waals surface area (Å²) in [6.07, 6.45) is 0.759. The summed E-state index contributed by atoms with van der Waals surface area (Å²) in [5.74, 6) is -1.13. The van der Waals surface area contributed by atoms with E-state index in [-0.39, 0.29) is 48.0 Å². The molecule has 0 fully saturated rings. The molecule has 0 radical (unpaired) electrons. The number of amides is 3. The molecule has 176 valence electrons. The van der Waals surface area contributed by atoms with Crippen molar-refractivity contribution in [1.29, 1.82) is 0 Å². The summed E-state index contributed by atoms with van der Waals surface area (Å²) in [6, 6.07) is 10.5. The van der Waals surface area contributed by atoms with Crippen LogP contribution in [0, 0.1) is 5.82 Å². The van der Waals surface area contributed by atoms with Crippen LogP contribution < -0.4 is 20.3 Å². The van der Waals surface area contributed by atoms with Gasteiger partial charge in [0.2, 0.25) is 5.91 Å². The maximum Gasteiger partial charge on any atom is 0.263 e. The lowest BCUT2D eigenvalue weighted by Crippen LogP contribution is -2.52. The number of benzene rings is 2. The van der Waals surface area contributed by atoms with Gasteiger partial charge in [0.15, 0.2) is 6.10 Å². The highest BCUT2D eigenvalue weighted by molar-refractivity contribution is 6.33. The van der Waals surface area contributed by atoms with Gasteiger partial charge >= 0.3 is 0 Å². The van der Waals surface area contributed by atoms with Gasteiger partial charge in [0.25, 0.3) is 11.8 Å². The molecule has 3 amide bonds. The van der Waals surface area contributed by atoms with E-state index < -0.39 is 17.8 Å². The van der Waals surface area contributed by atoms with Crippen molar-refractivity contribution in [3.05, 3.63) is 58.9 Å². The molecule has 9 heteroatoms. The van der Waals surface area contributed by atoms with E-state index in [4.69, 9.17) is 16.3 Å². The topological polar surface area (TPSA) is 87.7 Å². The first-order valence-electron chi connectivity index (χ1n) is 10.9. The Hall–Kier alpha value is -3.13. The molecule has 0 bridgehead atoms. The minimum Gasteiger partial charge on any atom is -0.477 e. The second-order valence-corrected chi connectivity index (χ2v) is 8.14. The van der Waals surface area contributed by atoms with Crippen molar-refractivity contribution in [3.8, 4) is 5.75 Å². The van der Waals surface area contributed by atoms with Crippen LogP contribution in [0.2, 0.25) is 5.02 Å². The van der Waals surface area contributed by atoms with Gasteiger partial charge in [-0.15, -0.1) is 0 Å². The van der Waals surface area contributed by atoms with Gasteiger partial charge in [-0.3, -0.25) is 14.4 Å². The number of rotatable bonds is 8. The molecule has 0 saturated carbocycles. The molecule has 2 aromatic rings. The molecule has 0 spiro atoms. The Morgan fingerprint density at radius 2 is 1.91 bits per heavy atom. The predicted octanol–water partition coefficient (Wildman–Crippen LogP) is 3.70. The molecule has 33 heavy (non-hydrogen) atoms. The maximum absolute atomic E-state index is 13.2. The third-order valence-electron chi connectivity index (χ3n) is 5.50. The summed E-state index contributed by atoms with van der Waals surface area (Å²) >= 11 is 5.92. The number of ether oxygens (including phenoxy) is 1. The first-order chi connectivity index (χ1) is 15.8. The van der Waals surface area contributed by atoms with Crippen molar-refractivity contribution in [2.24, 2.45) is 0 Å². The zero-order valence-electron chi connectivity index (χ0n) is 18.6. The fourth-order valence-electron chi connectivity index (χ4n) is 3.58. The van der Waals surface area contributed by atoms with E-state index in [2.05, 4.69) is 10.6 Å². The minimum atomic E-state index is -0.836. The highest BCUT2D eigenvalue weighted by atomic mass is 35.5. The summed E-state index contributed by atoms with van der Waals surface area (Å²) in [7, 11) is 0. The highest BCUT2D eigenvalue weighted by Gasteiger charge is 2.34. The number of hydrogen-bond donors (Lipinski definition) is 2. The van der Waals surface area contributed by atoms with Crippen LogP contribution in [0.15, 0.2) is 42.5 Å². The summed E-state index contributed by atoms with van der Waals surface area (Å²) in [5, 5.41) is 5.58. The minimum absolute atomic E-state index is 0.000226.